The lowest BCUT2D eigenvalue weighted by Crippen LogP contribution is -2.44. The van der Waals surface area contributed by atoms with Gasteiger partial charge in [-0.2, -0.15) is 4.98 Å². The first-order valence-corrected chi connectivity index (χ1v) is 11.8. The zero-order valence-corrected chi connectivity index (χ0v) is 19.1. The molecular weight excluding hydrogens is 412 g/mol. The molecule has 3 heterocycles. The quantitative estimate of drug-likeness (QED) is 0.611. The molecule has 0 spiro atoms. The second-order valence-corrected chi connectivity index (χ2v) is 9.19. The Morgan fingerprint density at radius 2 is 1.85 bits per heavy atom. The normalized spacial score (nSPS) is 17.4. The van der Waals surface area contributed by atoms with Crippen LogP contribution in [-0.4, -0.2) is 52.7 Å². The fraction of sp³-hybridized carbons (Fsp3) is 0.423. The summed E-state index contributed by atoms with van der Waals surface area (Å²) >= 11 is 0. The summed E-state index contributed by atoms with van der Waals surface area (Å²) in [6.07, 6.45) is 12.2. The molecule has 1 aliphatic heterocycles. The van der Waals surface area contributed by atoms with Crippen molar-refractivity contribution in [3.8, 4) is 12.3 Å². The van der Waals surface area contributed by atoms with E-state index in [-0.39, 0.29) is 5.56 Å². The van der Waals surface area contributed by atoms with E-state index in [1.165, 1.54) is 24.6 Å². The van der Waals surface area contributed by atoms with Gasteiger partial charge < -0.3 is 15.1 Å². The molecule has 1 saturated heterocycles. The Kier molecular flexibility index (Phi) is 6.01. The Morgan fingerprint density at radius 1 is 1.12 bits per heavy atom. The van der Waals surface area contributed by atoms with Crippen molar-refractivity contribution in [2.24, 2.45) is 5.92 Å². The number of piperazine rings is 1. The summed E-state index contributed by atoms with van der Waals surface area (Å²) < 4.78 is 1.77. The van der Waals surface area contributed by atoms with Crippen LogP contribution >= 0.6 is 0 Å². The molecule has 2 aliphatic rings. The van der Waals surface area contributed by atoms with E-state index >= 15 is 0 Å². The molecule has 1 aromatic carbocycles. The molecule has 2 aromatic heterocycles. The molecule has 1 N–H and O–H groups in total. The standard InChI is InChI=1S/C26H30N6O/c1-3-20-16-24(33)32(18-19-6-4-5-7-19)25-23(20)17-27-26(29-25)28-21-8-10-22(11-9-21)31-14-12-30(2)13-15-31/h1,8-11,16-17,19H,4-7,12-15,18H2,2H3,(H,27,28,29). The molecule has 0 amide bonds. The van der Waals surface area contributed by atoms with Crippen molar-refractivity contribution in [1.29, 1.82) is 0 Å². The van der Waals surface area contributed by atoms with E-state index < -0.39 is 0 Å². The summed E-state index contributed by atoms with van der Waals surface area (Å²) in [5.41, 5.74) is 3.18. The maximum Gasteiger partial charge on any atom is 0.253 e. The van der Waals surface area contributed by atoms with Crippen molar-refractivity contribution >= 4 is 28.4 Å². The zero-order chi connectivity index (χ0) is 22.8. The van der Waals surface area contributed by atoms with Gasteiger partial charge in [-0.25, -0.2) is 4.98 Å². The first-order chi connectivity index (χ1) is 16.1. The predicted molar refractivity (Wildman–Crippen MR) is 133 cm³/mol. The maximum absolute atomic E-state index is 12.9. The van der Waals surface area contributed by atoms with Crippen LogP contribution in [0.25, 0.3) is 11.0 Å². The van der Waals surface area contributed by atoms with Crippen LogP contribution < -0.4 is 15.8 Å². The van der Waals surface area contributed by atoms with Gasteiger partial charge in [0.05, 0.1) is 5.39 Å². The molecule has 7 heteroatoms. The number of anilines is 3. The summed E-state index contributed by atoms with van der Waals surface area (Å²) in [4.78, 5) is 26.8. The number of likely N-dealkylation sites (N-methyl/N-ethyl adjacent to an activating group) is 1. The topological polar surface area (TPSA) is 66.3 Å². The first-order valence-electron chi connectivity index (χ1n) is 11.8. The highest BCUT2D eigenvalue weighted by molar-refractivity contribution is 5.82. The summed E-state index contributed by atoms with van der Waals surface area (Å²) in [5, 5.41) is 4.04. The third kappa shape index (κ3) is 4.57. The van der Waals surface area contributed by atoms with Gasteiger partial charge in [0, 0.05) is 61.9 Å². The molecule has 0 radical (unpaired) electrons. The van der Waals surface area contributed by atoms with Crippen LogP contribution in [0.4, 0.5) is 17.3 Å². The van der Waals surface area contributed by atoms with E-state index in [1.807, 2.05) is 12.1 Å². The summed E-state index contributed by atoms with van der Waals surface area (Å²) in [6.45, 7) is 4.90. The SMILES string of the molecule is C#Cc1cc(=O)n(CC2CCCC2)c2nc(Nc3ccc(N4CCN(C)CC4)cc3)ncc12. The van der Waals surface area contributed by atoms with E-state index in [0.717, 1.165) is 50.1 Å². The average molecular weight is 443 g/mol. The molecule has 7 nitrogen and oxygen atoms in total. The Labute approximate surface area is 194 Å². The minimum atomic E-state index is -0.0940. The number of terminal acetylenes is 1. The van der Waals surface area contributed by atoms with Crippen LogP contribution in [0.1, 0.15) is 31.2 Å². The second-order valence-electron chi connectivity index (χ2n) is 9.19. The molecule has 0 bridgehead atoms. The van der Waals surface area contributed by atoms with Crippen LogP contribution in [0.15, 0.2) is 41.3 Å². The molecule has 3 aromatic rings. The maximum atomic E-state index is 12.9. The van der Waals surface area contributed by atoms with Crippen LogP contribution in [-0.2, 0) is 6.54 Å². The third-order valence-corrected chi connectivity index (χ3v) is 6.91. The lowest BCUT2D eigenvalue weighted by Gasteiger charge is -2.34. The number of hydrogen-bond acceptors (Lipinski definition) is 6. The fourth-order valence-corrected chi connectivity index (χ4v) is 4.91. The second kappa shape index (κ2) is 9.24. The van der Waals surface area contributed by atoms with Crippen molar-refractivity contribution in [2.45, 2.75) is 32.2 Å². The third-order valence-electron chi connectivity index (χ3n) is 6.91. The number of pyridine rings is 1. The number of aromatic nitrogens is 3. The van der Waals surface area contributed by atoms with Gasteiger partial charge in [-0.1, -0.05) is 18.8 Å². The number of benzene rings is 1. The number of fused-ring (bicyclic) bond motifs is 1. The lowest BCUT2D eigenvalue weighted by atomic mass is 10.1. The van der Waals surface area contributed by atoms with Gasteiger partial charge in [-0.3, -0.25) is 9.36 Å². The van der Waals surface area contributed by atoms with E-state index in [9.17, 15) is 4.79 Å². The van der Waals surface area contributed by atoms with Crippen molar-refractivity contribution in [2.75, 3.05) is 43.4 Å². The Morgan fingerprint density at radius 3 is 2.55 bits per heavy atom. The van der Waals surface area contributed by atoms with E-state index in [1.54, 1.807) is 10.8 Å². The lowest BCUT2D eigenvalue weighted by molar-refractivity contribution is 0.313. The highest BCUT2D eigenvalue weighted by Crippen LogP contribution is 2.27. The Hall–Kier alpha value is -3.37. The molecule has 2 fully saturated rings. The molecular formula is C26H30N6O. The molecule has 5 rings (SSSR count). The number of nitrogens with zero attached hydrogens (tertiary/aromatic N) is 5. The van der Waals surface area contributed by atoms with Gasteiger partial charge in [0.1, 0.15) is 5.65 Å². The molecule has 33 heavy (non-hydrogen) atoms. The minimum absolute atomic E-state index is 0.0940. The van der Waals surface area contributed by atoms with E-state index in [0.29, 0.717) is 29.6 Å². The van der Waals surface area contributed by atoms with Crippen LogP contribution in [0, 0.1) is 18.3 Å². The smallest absolute Gasteiger partial charge is 0.253 e. The van der Waals surface area contributed by atoms with Gasteiger partial charge in [-0.05, 0) is 50.1 Å². The number of rotatable bonds is 5. The van der Waals surface area contributed by atoms with Crippen LogP contribution in [0.5, 0.6) is 0 Å². The monoisotopic (exact) mass is 442 g/mol. The highest BCUT2D eigenvalue weighted by Gasteiger charge is 2.19. The van der Waals surface area contributed by atoms with Crippen LogP contribution in [0.3, 0.4) is 0 Å². The number of nitrogens with one attached hydrogen (secondary N) is 1. The van der Waals surface area contributed by atoms with Crippen molar-refractivity contribution in [1.82, 2.24) is 19.4 Å². The molecule has 1 aliphatic carbocycles. The molecule has 170 valence electrons. The van der Waals surface area contributed by atoms with Gasteiger partial charge >= 0.3 is 0 Å². The summed E-state index contributed by atoms with van der Waals surface area (Å²) in [5.74, 6) is 3.59. The zero-order valence-electron chi connectivity index (χ0n) is 19.1. The number of hydrogen-bond donors (Lipinski definition) is 1. The largest absolute Gasteiger partial charge is 0.369 e. The fourth-order valence-electron chi connectivity index (χ4n) is 4.91. The Bertz CT molecular complexity index is 1230. The Balaban J connectivity index is 1.41. The van der Waals surface area contributed by atoms with E-state index in [2.05, 4.69) is 45.2 Å². The van der Waals surface area contributed by atoms with Crippen molar-refractivity contribution in [3.05, 3.63) is 52.4 Å². The minimum Gasteiger partial charge on any atom is -0.369 e. The van der Waals surface area contributed by atoms with Gasteiger partial charge in [0.2, 0.25) is 5.95 Å². The summed E-state index contributed by atoms with van der Waals surface area (Å²) in [6, 6.07) is 9.88. The average Bonchev–Trinajstić information content (AvgIpc) is 3.35. The van der Waals surface area contributed by atoms with Gasteiger partial charge in [0.15, 0.2) is 0 Å². The molecule has 0 atom stereocenters. The van der Waals surface area contributed by atoms with Gasteiger partial charge in [-0.15, -0.1) is 6.42 Å². The predicted octanol–water partition coefficient (Wildman–Crippen LogP) is 3.46. The van der Waals surface area contributed by atoms with Gasteiger partial charge in [0.25, 0.3) is 5.56 Å². The molecule has 0 unspecified atom stereocenters. The van der Waals surface area contributed by atoms with Crippen LogP contribution in [0.2, 0.25) is 0 Å². The first kappa shape index (κ1) is 21.5. The van der Waals surface area contributed by atoms with Crippen molar-refractivity contribution < 1.29 is 0 Å². The van der Waals surface area contributed by atoms with E-state index in [4.69, 9.17) is 11.4 Å². The highest BCUT2D eigenvalue weighted by atomic mass is 16.1. The molecule has 1 saturated carbocycles. The summed E-state index contributed by atoms with van der Waals surface area (Å²) in [7, 11) is 2.16. The van der Waals surface area contributed by atoms with Crippen molar-refractivity contribution in [3.63, 3.8) is 0 Å².